The largest absolute Gasteiger partial charge is 0.465 e. The summed E-state index contributed by atoms with van der Waals surface area (Å²) in [5.74, 6) is -0.458. The molecule has 1 aliphatic rings. The van der Waals surface area contributed by atoms with Crippen LogP contribution in [0.15, 0.2) is 42.5 Å². The monoisotopic (exact) mass is 467 g/mol. The number of amides is 1. The number of morpholine rings is 1. The molecule has 0 aromatic heterocycles. The molecule has 174 valence electrons. The third kappa shape index (κ3) is 6.26. The van der Waals surface area contributed by atoms with Gasteiger partial charge in [0.05, 0.1) is 32.6 Å². The molecule has 0 saturated carbocycles. The maximum Gasteiger partial charge on any atom is 0.407 e. The number of carbonyl (C=O) groups is 1. The topological polar surface area (TPSA) is 102 Å². The van der Waals surface area contributed by atoms with Gasteiger partial charge in [-0.2, -0.15) is 8.42 Å². The van der Waals surface area contributed by atoms with Gasteiger partial charge >= 0.3 is 6.09 Å². The number of halogens is 1. The summed E-state index contributed by atoms with van der Waals surface area (Å²) < 4.78 is 54.1. The van der Waals surface area contributed by atoms with Crippen LogP contribution in [-0.2, 0) is 23.8 Å². The zero-order valence-electron chi connectivity index (χ0n) is 17.9. The second kappa shape index (κ2) is 10.4. The number of benzene rings is 2. The average Bonchev–Trinajstić information content (AvgIpc) is 2.73. The van der Waals surface area contributed by atoms with Gasteiger partial charge in [-0.05, 0) is 24.1 Å². The predicted octanol–water partition coefficient (Wildman–Crippen LogP) is 3.21. The Balaban J connectivity index is 1.97. The molecule has 1 amide bonds. The molecule has 1 saturated heterocycles. The lowest BCUT2D eigenvalue weighted by Gasteiger charge is -2.36. The Morgan fingerprint density at radius 3 is 2.72 bits per heavy atom. The lowest BCUT2D eigenvalue weighted by atomic mass is 9.92. The van der Waals surface area contributed by atoms with Crippen LogP contribution in [0.4, 0.5) is 9.18 Å². The minimum absolute atomic E-state index is 0.0245. The first kappa shape index (κ1) is 24.1. The molecule has 10 heteroatoms. The number of hydrogen-bond acceptors (Lipinski definition) is 6. The quantitative estimate of drug-likeness (QED) is 0.470. The Bertz CT molecular complexity index is 1060. The summed E-state index contributed by atoms with van der Waals surface area (Å²) in [7, 11) is -3.65. The summed E-state index contributed by atoms with van der Waals surface area (Å²) in [4.78, 5) is 12.7. The number of aryl methyl sites for hydroxylation is 1. The highest BCUT2D eigenvalue weighted by atomic mass is 32.2. The van der Waals surface area contributed by atoms with E-state index in [1.54, 1.807) is 18.2 Å². The number of rotatable bonds is 8. The molecule has 0 aliphatic carbocycles. The molecule has 2 aromatic carbocycles. The zero-order valence-corrected chi connectivity index (χ0v) is 18.7. The van der Waals surface area contributed by atoms with E-state index in [9.17, 15) is 18.3 Å². The summed E-state index contributed by atoms with van der Waals surface area (Å²) >= 11 is 0. The van der Waals surface area contributed by atoms with Crippen molar-refractivity contribution in [1.29, 1.82) is 0 Å². The van der Waals surface area contributed by atoms with E-state index in [-0.39, 0.29) is 32.9 Å². The van der Waals surface area contributed by atoms with E-state index in [0.29, 0.717) is 16.7 Å². The maximum absolute atomic E-state index is 15.0. The summed E-state index contributed by atoms with van der Waals surface area (Å²) in [5, 5.41) is 9.40. The molecule has 1 N–H and O–H groups in total. The third-order valence-electron chi connectivity index (χ3n) is 5.04. The van der Waals surface area contributed by atoms with Gasteiger partial charge in [-0.3, -0.25) is 4.18 Å². The van der Waals surface area contributed by atoms with Gasteiger partial charge in [0.1, 0.15) is 18.0 Å². The molecular weight excluding hydrogens is 441 g/mol. The van der Waals surface area contributed by atoms with Crippen molar-refractivity contribution in [3.63, 3.8) is 0 Å². The van der Waals surface area contributed by atoms with E-state index in [2.05, 4.69) is 0 Å². The molecule has 3 rings (SSSR count). The van der Waals surface area contributed by atoms with Crippen molar-refractivity contribution in [3.8, 4) is 11.1 Å². The highest BCUT2D eigenvalue weighted by molar-refractivity contribution is 7.85. The minimum atomic E-state index is -3.65. The fourth-order valence-corrected chi connectivity index (χ4v) is 4.04. The molecular formula is C22H26FNO7S. The molecule has 2 unspecified atom stereocenters. The molecule has 0 bridgehead atoms. The second-order valence-corrected chi connectivity index (χ2v) is 9.17. The molecule has 2 aromatic rings. The van der Waals surface area contributed by atoms with Crippen LogP contribution >= 0.6 is 0 Å². The summed E-state index contributed by atoms with van der Waals surface area (Å²) in [5.41, 5.74) is 2.39. The van der Waals surface area contributed by atoms with Crippen LogP contribution in [-0.4, -0.2) is 69.8 Å². The minimum Gasteiger partial charge on any atom is -0.465 e. The van der Waals surface area contributed by atoms with E-state index >= 15 is 4.39 Å². The van der Waals surface area contributed by atoms with Gasteiger partial charge in [-0.25, -0.2) is 9.18 Å². The van der Waals surface area contributed by atoms with Crippen LogP contribution < -0.4 is 0 Å². The molecule has 8 nitrogen and oxygen atoms in total. The fourth-order valence-electron chi connectivity index (χ4n) is 3.67. The summed E-state index contributed by atoms with van der Waals surface area (Å²) in [6, 6.07) is 11.9. The summed E-state index contributed by atoms with van der Waals surface area (Å²) in [6.45, 7) is 1.94. The van der Waals surface area contributed by atoms with Crippen LogP contribution in [0.3, 0.4) is 0 Å². The number of nitrogens with zero attached hydrogens (tertiary/aromatic N) is 1. The molecule has 1 fully saturated rings. The third-order valence-corrected chi connectivity index (χ3v) is 5.63. The van der Waals surface area contributed by atoms with Crippen LogP contribution in [0.5, 0.6) is 0 Å². The first-order valence-electron chi connectivity index (χ1n) is 10.1. The number of carboxylic acid groups (broad SMARTS) is 1. The van der Waals surface area contributed by atoms with E-state index in [1.807, 2.05) is 25.1 Å². The molecule has 1 heterocycles. The van der Waals surface area contributed by atoms with Gasteiger partial charge in [0, 0.05) is 12.1 Å². The Morgan fingerprint density at radius 1 is 1.28 bits per heavy atom. The predicted molar refractivity (Wildman–Crippen MR) is 115 cm³/mol. The Labute approximate surface area is 186 Å². The number of hydrogen-bond donors (Lipinski definition) is 1. The second-order valence-electron chi connectivity index (χ2n) is 7.53. The lowest BCUT2D eigenvalue weighted by Crippen LogP contribution is -2.47. The fraction of sp³-hybridized carbons (Fsp3) is 0.409. The Kier molecular flexibility index (Phi) is 7.83. The van der Waals surface area contributed by atoms with Crippen molar-refractivity contribution >= 4 is 16.2 Å². The van der Waals surface area contributed by atoms with E-state index < -0.39 is 34.2 Å². The van der Waals surface area contributed by atoms with Gasteiger partial charge in [0.25, 0.3) is 10.1 Å². The summed E-state index contributed by atoms with van der Waals surface area (Å²) in [6.07, 6.45) is -1.73. The Hall–Kier alpha value is -2.53. The molecule has 32 heavy (non-hydrogen) atoms. The van der Waals surface area contributed by atoms with Crippen LogP contribution in [0.1, 0.15) is 17.2 Å². The molecule has 0 spiro atoms. The Morgan fingerprint density at radius 2 is 2.03 bits per heavy atom. The van der Waals surface area contributed by atoms with Gasteiger partial charge in [0.15, 0.2) is 0 Å². The zero-order chi connectivity index (χ0) is 23.3. The lowest BCUT2D eigenvalue weighted by molar-refractivity contribution is -0.111. The standard InChI is InChI=1S/C22H26FNO7S/c1-15-5-3-6-16(13-15)20-17(7-4-8-18(20)23)21(30-11-12-31-32(2,27)28)19-14-24(22(25)26)9-10-29-19/h3-8,13,19,21H,9-12,14H2,1-2H3,(H,25,26). The highest BCUT2D eigenvalue weighted by Crippen LogP contribution is 2.36. The molecule has 0 radical (unpaired) electrons. The smallest absolute Gasteiger partial charge is 0.407 e. The van der Waals surface area contributed by atoms with Crippen LogP contribution in [0, 0.1) is 12.7 Å². The van der Waals surface area contributed by atoms with Crippen molar-refractivity contribution in [3.05, 3.63) is 59.4 Å². The number of ether oxygens (including phenoxy) is 2. The highest BCUT2D eigenvalue weighted by Gasteiger charge is 2.34. The van der Waals surface area contributed by atoms with Crippen molar-refractivity contribution in [2.75, 3.05) is 39.2 Å². The van der Waals surface area contributed by atoms with Crippen LogP contribution in [0.2, 0.25) is 0 Å². The van der Waals surface area contributed by atoms with E-state index in [0.717, 1.165) is 11.8 Å². The SMILES string of the molecule is Cc1cccc(-c2c(F)cccc2C(OCCOS(C)(=O)=O)C2CN(C(=O)O)CCO2)c1. The van der Waals surface area contributed by atoms with Crippen molar-refractivity contribution in [1.82, 2.24) is 4.90 Å². The first-order chi connectivity index (χ1) is 15.2. The van der Waals surface area contributed by atoms with Crippen LogP contribution in [0.25, 0.3) is 11.1 Å². The normalized spacial score (nSPS) is 17.8. The van der Waals surface area contributed by atoms with Crippen molar-refractivity contribution in [2.45, 2.75) is 19.1 Å². The average molecular weight is 468 g/mol. The first-order valence-corrected chi connectivity index (χ1v) is 11.9. The maximum atomic E-state index is 15.0. The van der Waals surface area contributed by atoms with Gasteiger partial charge in [-0.15, -0.1) is 0 Å². The van der Waals surface area contributed by atoms with Crippen molar-refractivity contribution < 1.29 is 36.4 Å². The van der Waals surface area contributed by atoms with Gasteiger partial charge < -0.3 is 19.5 Å². The van der Waals surface area contributed by atoms with E-state index in [4.69, 9.17) is 13.7 Å². The van der Waals surface area contributed by atoms with Gasteiger partial charge in [0.2, 0.25) is 0 Å². The van der Waals surface area contributed by atoms with E-state index in [1.165, 1.54) is 11.0 Å². The molecule has 2 atom stereocenters. The van der Waals surface area contributed by atoms with Gasteiger partial charge in [-0.1, -0.05) is 42.0 Å². The van der Waals surface area contributed by atoms with Crippen molar-refractivity contribution in [2.24, 2.45) is 0 Å². The molecule has 1 aliphatic heterocycles.